The summed E-state index contributed by atoms with van der Waals surface area (Å²) in [7, 11) is -2.34. The molecule has 14 nitrogen and oxygen atoms in total. The van der Waals surface area contributed by atoms with Crippen LogP contribution < -0.4 is 5.56 Å². The van der Waals surface area contributed by atoms with Gasteiger partial charge in [0.25, 0.3) is 25.6 Å². The molecular weight excluding hydrogens is 791 g/mol. The first kappa shape index (κ1) is 40.0. The van der Waals surface area contributed by atoms with Crippen LogP contribution in [0.1, 0.15) is 18.4 Å². The summed E-state index contributed by atoms with van der Waals surface area (Å²) in [4.78, 5) is 20.4. The topological polar surface area (TPSA) is 150 Å². The average molecular weight is 831 g/mol. The molecular formula is C31H40BrN7O7S4. The Bertz CT molecular complexity index is 2250. The van der Waals surface area contributed by atoms with Gasteiger partial charge in [-0.1, -0.05) is 0 Å². The molecule has 272 valence electrons. The first-order valence-corrected chi connectivity index (χ1v) is 18.8. The number of rotatable bonds is 7. The third-order valence-corrected chi connectivity index (χ3v) is 12.8. The standard InChI is InChI=1S/C19H22N4O4S.C12H14BrN3O3S.2H2S/c1-13-8-15(10-21(2)19(13)24)14-4-5-17-20-9-18(23(17)11-14)28(25,26)22-7-6-16(12-22)27-3;1-19-10-4-5-15(8-10)20(17,18)12-6-14-11-3-2-9(13)7-16(11)12;;/h4-5,8-11,16H,6-7,12H2,1-3H3;2-3,6-7,10H,4-5,8H2,1H3;2*1H2/t16-;10-;;/m00../s1. The monoisotopic (exact) mass is 829 g/mol. The molecule has 0 aromatic carbocycles. The SMILES string of the molecule is CO[C@H]1CCN(S(=O)(=O)c2cnc3ccc(-c4cc(C)c(=O)n(C)c4)cn23)C1.CO[C@H]1CCN(S(=O)(=O)c2cnc3ccc(Br)cn23)C1.S.S. The largest absolute Gasteiger partial charge is 0.380 e. The molecule has 5 aromatic rings. The minimum absolute atomic E-state index is 0. The number of sulfonamides is 2. The highest BCUT2D eigenvalue weighted by molar-refractivity contribution is 9.10. The minimum atomic E-state index is -3.69. The van der Waals surface area contributed by atoms with E-state index in [1.807, 2.05) is 12.1 Å². The molecule has 2 atom stereocenters. The molecule has 0 aliphatic carbocycles. The Balaban J connectivity index is 0.000000227. The van der Waals surface area contributed by atoms with E-state index in [2.05, 4.69) is 25.9 Å². The number of nitrogens with zero attached hydrogens (tertiary/aromatic N) is 7. The van der Waals surface area contributed by atoms with Crippen LogP contribution in [0.5, 0.6) is 0 Å². The van der Waals surface area contributed by atoms with Gasteiger partial charge in [-0.2, -0.15) is 35.6 Å². The van der Waals surface area contributed by atoms with Gasteiger partial charge < -0.3 is 14.0 Å². The normalized spacial score (nSPS) is 18.5. The summed E-state index contributed by atoms with van der Waals surface area (Å²) in [6, 6.07) is 9.05. The summed E-state index contributed by atoms with van der Waals surface area (Å²) in [6.07, 6.45) is 9.26. The van der Waals surface area contributed by atoms with Crippen molar-refractivity contribution >= 4 is 74.3 Å². The third-order valence-electron chi connectivity index (χ3n) is 8.69. The highest BCUT2D eigenvalue weighted by Gasteiger charge is 2.35. The van der Waals surface area contributed by atoms with Gasteiger partial charge in [0.1, 0.15) is 11.3 Å². The van der Waals surface area contributed by atoms with Crippen molar-refractivity contribution in [2.24, 2.45) is 7.05 Å². The van der Waals surface area contributed by atoms with E-state index in [4.69, 9.17) is 9.47 Å². The molecule has 0 spiro atoms. The molecule has 7 rings (SSSR count). The van der Waals surface area contributed by atoms with Crippen LogP contribution in [0.25, 0.3) is 22.4 Å². The van der Waals surface area contributed by atoms with E-state index in [1.165, 1.54) is 25.6 Å². The predicted molar refractivity (Wildman–Crippen MR) is 203 cm³/mol. The molecule has 2 saturated heterocycles. The number of hydrogen-bond acceptors (Lipinski definition) is 9. The number of aryl methyl sites for hydroxylation is 2. The van der Waals surface area contributed by atoms with Gasteiger partial charge in [0, 0.05) is 76.1 Å². The number of methoxy groups -OCH3 is 2. The number of imidazole rings is 2. The van der Waals surface area contributed by atoms with Gasteiger partial charge in [0.15, 0.2) is 10.1 Å². The smallest absolute Gasteiger partial charge is 0.260 e. The fourth-order valence-electron chi connectivity index (χ4n) is 5.96. The first-order valence-electron chi connectivity index (χ1n) is 15.2. The molecule has 50 heavy (non-hydrogen) atoms. The van der Waals surface area contributed by atoms with E-state index in [0.29, 0.717) is 49.5 Å². The Labute approximate surface area is 313 Å². The van der Waals surface area contributed by atoms with Crippen molar-refractivity contribution in [3.63, 3.8) is 0 Å². The Hall–Kier alpha value is -2.75. The van der Waals surface area contributed by atoms with Gasteiger partial charge >= 0.3 is 0 Å². The number of hydrogen-bond donors (Lipinski definition) is 0. The zero-order chi connectivity index (χ0) is 34.4. The lowest BCUT2D eigenvalue weighted by Gasteiger charge is -2.16. The predicted octanol–water partition coefficient (Wildman–Crippen LogP) is 3.15. The molecule has 0 amide bonds. The van der Waals surface area contributed by atoms with Crippen LogP contribution >= 0.6 is 42.9 Å². The van der Waals surface area contributed by atoms with E-state index in [1.54, 1.807) is 73.8 Å². The molecule has 2 aliphatic rings. The fourth-order valence-corrected chi connectivity index (χ4v) is 9.40. The summed E-state index contributed by atoms with van der Waals surface area (Å²) < 4.78 is 70.5. The van der Waals surface area contributed by atoms with Crippen molar-refractivity contribution in [2.75, 3.05) is 40.4 Å². The number of pyridine rings is 3. The van der Waals surface area contributed by atoms with Crippen molar-refractivity contribution < 1.29 is 26.3 Å². The molecule has 19 heteroatoms. The fraction of sp³-hybridized carbons (Fsp3) is 0.387. The van der Waals surface area contributed by atoms with E-state index in [0.717, 1.165) is 22.0 Å². The summed E-state index contributed by atoms with van der Waals surface area (Å²) >= 11 is 3.35. The average Bonchev–Trinajstić information content (AvgIpc) is 3.88. The van der Waals surface area contributed by atoms with Gasteiger partial charge in [0.2, 0.25) is 0 Å². The van der Waals surface area contributed by atoms with Crippen molar-refractivity contribution in [1.82, 2.24) is 31.9 Å². The number of halogens is 1. The minimum Gasteiger partial charge on any atom is -0.380 e. The second-order valence-electron chi connectivity index (χ2n) is 11.8. The molecule has 0 saturated carbocycles. The van der Waals surface area contributed by atoms with Crippen LogP contribution in [0.2, 0.25) is 0 Å². The molecule has 0 radical (unpaired) electrons. The molecule has 7 heterocycles. The molecule has 0 N–H and O–H groups in total. The van der Waals surface area contributed by atoms with Crippen LogP contribution in [0.4, 0.5) is 0 Å². The van der Waals surface area contributed by atoms with Gasteiger partial charge in [-0.25, -0.2) is 26.8 Å². The van der Waals surface area contributed by atoms with Gasteiger partial charge in [-0.05, 0) is 77.2 Å². The Morgan fingerprint density at radius 3 is 1.74 bits per heavy atom. The van der Waals surface area contributed by atoms with E-state index < -0.39 is 20.0 Å². The van der Waals surface area contributed by atoms with Crippen LogP contribution in [0, 0.1) is 6.92 Å². The lowest BCUT2D eigenvalue weighted by molar-refractivity contribution is 0.115. The molecule has 2 aliphatic heterocycles. The third kappa shape index (κ3) is 7.70. The lowest BCUT2D eigenvalue weighted by Crippen LogP contribution is -2.30. The van der Waals surface area contributed by atoms with Gasteiger partial charge in [-0.3, -0.25) is 13.6 Å². The quantitative estimate of drug-likeness (QED) is 0.241. The zero-order valence-corrected chi connectivity index (χ0v) is 33.1. The van der Waals surface area contributed by atoms with Crippen molar-refractivity contribution in [3.05, 3.63) is 81.7 Å². The van der Waals surface area contributed by atoms with Crippen LogP contribution in [0.3, 0.4) is 0 Å². The van der Waals surface area contributed by atoms with Gasteiger partial charge in [-0.15, -0.1) is 0 Å². The summed E-state index contributed by atoms with van der Waals surface area (Å²) in [5, 5.41) is 0.313. The van der Waals surface area contributed by atoms with Gasteiger partial charge in [0.05, 0.1) is 24.6 Å². The van der Waals surface area contributed by atoms with Crippen LogP contribution in [-0.4, -0.2) is 101 Å². The van der Waals surface area contributed by atoms with E-state index >= 15 is 0 Å². The van der Waals surface area contributed by atoms with Crippen LogP contribution in [-0.2, 0) is 36.6 Å². The van der Waals surface area contributed by atoms with Crippen LogP contribution in [0.15, 0.2) is 80.6 Å². The summed E-state index contributed by atoms with van der Waals surface area (Å²) in [6.45, 7) is 3.39. The number of aromatic nitrogens is 5. The Morgan fingerprint density at radius 2 is 1.26 bits per heavy atom. The molecule has 0 unspecified atom stereocenters. The lowest BCUT2D eigenvalue weighted by atomic mass is 10.1. The van der Waals surface area contributed by atoms with E-state index in [-0.39, 0.29) is 54.8 Å². The Kier molecular flexibility index (Phi) is 12.7. The number of ether oxygens (including phenoxy) is 2. The second kappa shape index (κ2) is 15.9. The maximum atomic E-state index is 13.1. The second-order valence-corrected chi connectivity index (χ2v) is 16.4. The van der Waals surface area contributed by atoms with Crippen molar-refractivity contribution in [3.8, 4) is 11.1 Å². The first-order chi connectivity index (χ1) is 22.8. The molecule has 5 aromatic heterocycles. The number of fused-ring (bicyclic) bond motifs is 2. The van der Waals surface area contributed by atoms with Crippen molar-refractivity contribution in [2.45, 2.75) is 42.0 Å². The maximum absolute atomic E-state index is 13.1. The highest BCUT2D eigenvalue weighted by atomic mass is 79.9. The van der Waals surface area contributed by atoms with E-state index in [9.17, 15) is 21.6 Å². The van der Waals surface area contributed by atoms with Crippen molar-refractivity contribution in [1.29, 1.82) is 0 Å². The maximum Gasteiger partial charge on any atom is 0.260 e. The molecule has 2 fully saturated rings. The summed E-state index contributed by atoms with van der Waals surface area (Å²) in [5.74, 6) is 0. The Morgan fingerprint density at radius 1 is 0.760 bits per heavy atom. The zero-order valence-electron chi connectivity index (χ0n) is 27.9. The summed E-state index contributed by atoms with van der Waals surface area (Å²) in [5.41, 5.74) is 3.36. The highest BCUT2D eigenvalue weighted by Crippen LogP contribution is 2.27. The molecule has 0 bridgehead atoms.